The molecule has 0 fully saturated rings. The predicted molar refractivity (Wildman–Crippen MR) is 66.4 cm³/mol. The maximum Gasteiger partial charge on any atom is 0.122 e. The van der Waals surface area contributed by atoms with Crippen LogP contribution in [0.3, 0.4) is 0 Å². The molecule has 0 radical (unpaired) electrons. The summed E-state index contributed by atoms with van der Waals surface area (Å²) in [6, 6.07) is 2.61. The molecule has 2 heterocycles. The van der Waals surface area contributed by atoms with Crippen LogP contribution in [0.5, 0.6) is 0 Å². The van der Waals surface area contributed by atoms with Crippen molar-refractivity contribution < 1.29 is 0 Å². The molecular formula is C12H19N5. The summed E-state index contributed by atoms with van der Waals surface area (Å²) in [5.41, 5.74) is 0. The Labute approximate surface area is 101 Å². The lowest BCUT2D eigenvalue weighted by Crippen LogP contribution is -2.34. The molecule has 17 heavy (non-hydrogen) atoms. The number of aryl methyl sites for hydroxylation is 1. The fourth-order valence-electron chi connectivity index (χ4n) is 1.74. The van der Waals surface area contributed by atoms with Crippen molar-refractivity contribution in [3.05, 3.63) is 36.7 Å². The number of aromatic nitrogens is 4. The molecule has 2 aromatic rings. The maximum absolute atomic E-state index is 4.29. The van der Waals surface area contributed by atoms with Crippen molar-refractivity contribution >= 4 is 0 Å². The first-order valence-corrected chi connectivity index (χ1v) is 5.87. The van der Waals surface area contributed by atoms with E-state index >= 15 is 0 Å². The summed E-state index contributed by atoms with van der Waals surface area (Å²) in [5, 5.41) is 7.73. The van der Waals surface area contributed by atoms with Crippen LogP contribution in [-0.2, 0) is 13.6 Å². The third-order valence-corrected chi connectivity index (χ3v) is 3.17. The SMILES string of the molecule is C[C@@H](NCc1nccn1C)[C@H](C)n1cccn1. The second-order valence-corrected chi connectivity index (χ2v) is 4.35. The molecule has 0 amide bonds. The van der Waals surface area contributed by atoms with Crippen LogP contribution >= 0.6 is 0 Å². The topological polar surface area (TPSA) is 47.7 Å². The van der Waals surface area contributed by atoms with E-state index in [1.807, 2.05) is 47.2 Å². The molecule has 5 nitrogen and oxygen atoms in total. The average molecular weight is 233 g/mol. The van der Waals surface area contributed by atoms with E-state index in [2.05, 4.69) is 29.2 Å². The minimum atomic E-state index is 0.324. The fraction of sp³-hybridized carbons (Fsp3) is 0.500. The van der Waals surface area contributed by atoms with E-state index in [1.165, 1.54) is 0 Å². The highest BCUT2D eigenvalue weighted by Crippen LogP contribution is 2.09. The standard InChI is InChI=1S/C12H19N5/c1-10(11(2)17-7-4-5-15-17)14-9-12-13-6-8-16(12)3/h4-8,10-11,14H,9H2,1-3H3/t10-,11+/m1/s1. The Hall–Kier alpha value is -1.62. The summed E-state index contributed by atoms with van der Waals surface area (Å²) in [7, 11) is 2.01. The Balaban J connectivity index is 1.89. The van der Waals surface area contributed by atoms with Crippen molar-refractivity contribution in [2.24, 2.45) is 7.05 Å². The lowest BCUT2D eigenvalue weighted by atomic mass is 10.2. The van der Waals surface area contributed by atoms with Gasteiger partial charge in [-0.1, -0.05) is 0 Å². The van der Waals surface area contributed by atoms with Gasteiger partial charge in [0.15, 0.2) is 0 Å². The molecule has 0 aromatic carbocycles. The normalized spacial score (nSPS) is 14.8. The highest BCUT2D eigenvalue weighted by atomic mass is 15.3. The van der Waals surface area contributed by atoms with Gasteiger partial charge < -0.3 is 9.88 Å². The van der Waals surface area contributed by atoms with Gasteiger partial charge in [0.2, 0.25) is 0 Å². The van der Waals surface area contributed by atoms with Gasteiger partial charge in [-0.05, 0) is 19.9 Å². The molecule has 0 aliphatic heterocycles. The van der Waals surface area contributed by atoms with Crippen molar-refractivity contribution in [1.29, 1.82) is 0 Å². The van der Waals surface area contributed by atoms with E-state index in [9.17, 15) is 0 Å². The molecule has 0 aliphatic rings. The zero-order valence-electron chi connectivity index (χ0n) is 10.5. The minimum absolute atomic E-state index is 0.324. The van der Waals surface area contributed by atoms with Gasteiger partial charge in [0.25, 0.3) is 0 Å². The summed E-state index contributed by atoms with van der Waals surface area (Å²) >= 11 is 0. The first kappa shape index (κ1) is 11.9. The second-order valence-electron chi connectivity index (χ2n) is 4.35. The Kier molecular flexibility index (Phi) is 3.58. The van der Waals surface area contributed by atoms with E-state index in [0.717, 1.165) is 12.4 Å². The summed E-state index contributed by atoms with van der Waals surface area (Å²) < 4.78 is 3.99. The van der Waals surface area contributed by atoms with Gasteiger partial charge in [-0.3, -0.25) is 4.68 Å². The van der Waals surface area contributed by atoms with E-state index in [0.29, 0.717) is 12.1 Å². The van der Waals surface area contributed by atoms with Crippen molar-refractivity contribution in [2.45, 2.75) is 32.5 Å². The van der Waals surface area contributed by atoms with Crippen LogP contribution < -0.4 is 5.32 Å². The van der Waals surface area contributed by atoms with Gasteiger partial charge in [-0.15, -0.1) is 0 Å². The summed E-state index contributed by atoms with van der Waals surface area (Å²) in [5.74, 6) is 1.05. The van der Waals surface area contributed by atoms with Crippen molar-refractivity contribution in [1.82, 2.24) is 24.6 Å². The summed E-state index contributed by atoms with van der Waals surface area (Å²) in [6.07, 6.45) is 7.57. The fourth-order valence-corrected chi connectivity index (χ4v) is 1.74. The van der Waals surface area contributed by atoms with Crippen LogP contribution in [0.4, 0.5) is 0 Å². The van der Waals surface area contributed by atoms with Gasteiger partial charge in [-0.25, -0.2) is 4.98 Å². The van der Waals surface area contributed by atoms with Gasteiger partial charge >= 0.3 is 0 Å². The minimum Gasteiger partial charge on any atom is -0.337 e. The molecule has 92 valence electrons. The molecule has 0 saturated carbocycles. The highest BCUT2D eigenvalue weighted by molar-refractivity contribution is 4.91. The molecule has 2 atom stereocenters. The van der Waals surface area contributed by atoms with Gasteiger partial charge in [0.1, 0.15) is 5.82 Å². The largest absolute Gasteiger partial charge is 0.337 e. The van der Waals surface area contributed by atoms with Crippen LogP contribution in [0.2, 0.25) is 0 Å². The van der Waals surface area contributed by atoms with Crippen LogP contribution in [0.25, 0.3) is 0 Å². The molecule has 0 aliphatic carbocycles. The Morgan fingerprint density at radius 3 is 2.71 bits per heavy atom. The number of nitrogens with zero attached hydrogens (tertiary/aromatic N) is 4. The zero-order chi connectivity index (χ0) is 12.3. The average Bonchev–Trinajstić information content (AvgIpc) is 2.96. The molecule has 2 rings (SSSR count). The molecule has 0 spiro atoms. The Morgan fingerprint density at radius 1 is 1.29 bits per heavy atom. The maximum atomic E-state index is 4.29. The first-order valence-electron chi connectivity index (χ1n) is 5.87. The van der Waals surface area contributed by atoms with Crippen LogP contribution in [0.1, 0.15) is 25.7 Å². The van der Waals surface area contributed by atoms with Crippen molar-refractivity contribution in [3.63, 3.8) is 0 Å². The van der Waals surface area contributed by atoms with Gasteiger partial charge in [0.05, 0.1) is 12.6 Å². The number of nitrogens with one attached hydrogen (secondary N) is 1. The quantitative estimate of drug-likeness (QED) is 0.848. The molecule has 2 aromatic heterocycles. The molecule has 5 heteroatoms. The molecule has 0 unspecified atom stereocenters. The molecule has 1 N–H and O–H groups in total. The predicted octanol–water partition coefficient (Wildman–Crippen LogP) is 1.36. The summed E-state index contributed by atoms with van der Waals surface area (Å²) in [4.78, 5) is 4.29. The molecular weight excluding hydrogens is 214 g/mol. The number of hydrogen-bond donors (Lipinski definition) is 1. The lowest BCUT2D eigenvalue weighted by molar-refractivity contribution is 0.361. The van der Waals surface area contributed by atoms with E-state index in [4.69, 9.17) is 0 Å². The third kappa shape index (κ3) is 2.74. The monoisotopic (exact) mass is 233 g/mol. The van der Waals surface area contributed by atoms with Crippen LogP contribution in [-0.4, -0.2) is 25.4 Å². The molecule has 0 saturated heterocycles. The number of hydrogen-bond acceptors (Lipinski definition) is 3. The van der Waals surface area contributed by atoms with Crippen LogP contribution in [0.15, 0.2) is 30.9 Å². The Morgan fingerprint density at radius 2 is 2.12 bits per heavy atom. The zero-order valence-corrected chi connectivity index (χ0v) is 10.5. The third-order valence-electron chi connectivity index (χ3n) is 3.17. The first-order chi connectivity index (χ1) is 8.18. The van der Waals surface area contributed by atoms with Gasteiger partial charge in [-0.2, -0.15) is 5.10 Å². The van der Waals surface area contributed by atoms with Crippen molar-refractivity contribution in [2.75, 3.05) is 0 Å². The second kappa shape index (κ2) is 5.14. The highest BCUT2D eigenvalue weighted by Gasteiger charge is 2.14. The van der Waals surface area contributed by atoms with E-state index < -0.39 is 0 Å². The van der Waals surface area contributed by atoms with E-state index in [-0.39, 0.29) is 0 Å². The molecule has 0 bridgehead atoms. The summed E-state index contributed by atoms with van der Waals surface area (Å²) in [6.45, 7) is 5.09. The van der Waals surface area contributed by atoms with Crippen molar-refractivity contribution in [3.8, 4) is 0 Å². The smallest absolute Gasteiger partial charge is 0.122 e. The number of imidazole rings is 1. The Bertz CT molecular complexity index is 445. The van der Waals surface area contributed by atoms with Gasteiger partial charge in [0, 0.05) is 37.9 Å². The van der Waals surface area contributed by atoms with Crippen LogP contribution in [0, 0.1) is 0 Å². The van der Waals surface area contributed by atoms with E-state index in [1.54, 1.807) is 0 Å². The lowest BCUT2D eigenvalue weighted by Gasteiger charge is -2.21. The number of rotatable bonds is 5.